The molecule has 0 bridgehead atoms. The van der Waals surface area contributed by atoms with Crippen molar-refractivity contribution in [3.63, 3.8) is 0 Å². The van der Waals surface area contributed by atoms with E-state index in [1.54, 1.807) is 0 Å². The minimum absolute atomic E-state index is 0.112. The molecule has 2 nitrogen and oxygen atoms in total. The highest BCUT2D eigenvalue weighted by molar-refractivity contribution is 6.22. The van der Waals surface area contributed by atoms with Gasteiger partial charge in [0.25, 0.3) is 5.91 Å². The van der Waals surface area contributed by atoms with Gasteiger partial charge in [-0.15, -0.1) is 23.2 Å². The van der Waals surface area contributed by atoms with Gasteiger partial charge in [0.1, 0.15) is 0 Å². The Morgan fingerprint density at radius 1 is 1.28 bits per heavy atom. The summed E-state index contributed by atoms with van der Waals surface area (Å²) in [5.74, 6) is 0.507. The number of hydrogen-bond donors (Lipinski definition) is 1. The van der Waals surface area contributed by atoms with Crippen LogP contribution in [0.3, 0.4) is 0 Å². The third-order valence-electron chi connectivity index (χ3n) is 3.42. The van der Waals surface area contributed by atoms with Crippen molar-refractivity contribution in [2.45, 2.75) is 32.7 Å². The Bertz CT molecular complexity index is 420. The fourth-order valence-electron chi connectivity index (χ4n) is 1.69. The SMILES string of the molecule is CCC(CCl)(CCl)NC(=O)c1cccc(C)c1C. The van der Waals surface area contributed by atoms with E-state index in [2.05, 4.69) is 5.32 Å². The summed E-state index contributed by atoms with van der Waals surface area (Å²) in [6, 6.07) is 5.69. The van der Waals surface area contributed by atoms with Gasteiger partial charge in [0.2, 0.25) is 0 Å². The predicted octanol–water partition coefficient (Wildman–Crippen LogP) is 3.66. The predicted molar refractivity (Wildman–Crippen MR) is 77.8 cm³/mol. The molecule has 0 radical (unpaired) electrons. The molecular formula is C14H19Cl2NO. The first-order chi connectivity index (χ1) is 8.49. The summed E-state index contributed by atoms with van der Waals surface area (Å²) in [6.07, 6.45) is 0.705. The maximum Gasteiger partial charge on any atom is 0.252 e. The van der Waals surface area contributed by atoms with E-state index in [-0.39, 0.29) is 5.91 Å². The van der Waals surface area contributed by atoms with Gasteiger partial charge in [-0.05, 0) is 37.5 Å². The maximum absolute atomic E-state index is 12.3. The Labute approximate surface area is 119 Å². The van der Waals surface area contributed by atoms with Crippen LogP contribution >= 0.6 is 23.2 Å². The topological polar surface area (TPSA) is 29.1 Å². The van der Waals surface area contributed by atoms with E-state index in [0.29, 0.717) is 23.7 Å². The largest absolute Gasteiger partial charge is 0.344 e. The van der Waals surface area contributed by atoms with Crippen LogP contribution in [0.1, 0.15) is 34.8 Å². The average molecular weight is 288 g/mol. The number of hydrogen-bond acceptors (Lipinski definition) is 1. The van der Waals surface area contributed by atoms with Gasteiger partial charge in [-0.3, -0.25) is 4.79 Å². The first kappa shape index (κ1) is 15.3. The Kier molecular flexibility index (Phi) is 5.48. The lowest BCUT2D eigenvalue weighted by Gasteiger charge is -2.29. The highest BCUT2D eigenvalue weighted by Crippen LogP contribution is 2.18. The normalized spacial score (nSPS) is 11.4. The second kappa shape index (κ2) is 6.44. The second-order valence-electron chi connectivity index (χ2n) is 4.60. The van der Waals surface area contributed by atoms with Crippen LogP contribution in [0, 0.1) is 13.8 Å². The Morgan fingerprint density at radius 3 is 2.39 bits per heavy atom. The molecule has 0 saturated heterocycles. The number of rotatable bonds is 5. The third-order valence-corrected chi connectivity index (χ3v) is 4.44. The summed E-state index contributed by atoms with van der Waals surface area (Å²) in [4.78, 5) is 12.3. The molecule has 1 rings (SSSR count). The number of alkyl halides is 2. The smallest absolute Gasteiger partial charge is 0.252 e. The van der Waals surface area contributed by atoms with Crippen molar-refractivity contribution in [2.24, 2.45) is 0 Å². The maximum atomic E-state index is 12.3. The van der Waals surface area contributed by atoms with Crippen LogP contribution in [0.15, 0.2) is 18.2 Å². The second-order valence-corrected chi connectivity index (χ2v) is 5.14. The summed E-state index contributed by atoms with van der Waals surface area (Å²) in [7, 11) is 0. The molecular weight excluding hydrogens is 269 g/mol. The van der Waals surface area contributed by atoms with Crippen LogP contribution < -0.4 is 5.32 Å². The molecule has 0 atom stereocenters. The minimum Gasteiger partial charge on any atom is -0.344 e. The van der Waals surface area contributed by atoms with Crippen LogP contribution in [0.2, 0.25) is 0 Å². The fourth-order valence-corrected chi connectivity index (χ4v) is 2.48. The van der Waals surface area contributed by atoms with Crippen molar-refractivity contribution in [3.8, 4) is 0 Å². The quantitative estimate of drug-likeness (QED) is 0.823. The van der Waals surface area contributed by atoms with E-state index in [0.717, 1.165) is 11.1 Å². The van der Waals surface area contributed by atoms with Crippen molar-refractivity contribution in [3.05, 3.63) is 34.9 Å². The number of benzene rings is 1. The summed E-state index contributed by atoms with van der Waals surface area (Å²) < 4.78 is 0. The number of carbonyl (C=O) groups excluding carboxylic acids is 1. The molecule has 0 saturated carbocycles. The van der Waals surface area contributed by atoms with E-state index in [4.69, 9.17) is 23.2 Å². The molecule has 1 aromatic rings. The Balaban J connectivity index is 2.98. The molecule has 18 heavy (non-hydrogen) atoms. The highest BCUT2D eigenvalue weighted by Gasteiger charge is 2.29. The van der Waals surface area contributed by atoms with E-state index in [9.17, 15) is 4.79 Å². The van der Waals surface area contributed by atoms with E-state index in [1.165, 1.54) is 0 Å². The number of aryl methyl sites for hydroxylation is 1. The Hall–Kier alpha value is -0.730. The average Bonchev–Trinajstić information content (AvgIpc) is 2.39. The molecule has 100 valence electrons. The van der Waals surface area contributed by atoms with Crippen molar-refractivity contribution < 1.29 is 4.79 Å². The van der Waals surface area contributed by atoms with E-state index < -0.39 is 5.54 Å². The van der Waals surface area contributed by atoms with Crippen LogP contribution in [0.25, 0.3) is 0 Å². The van der Waals surface area contributed by atoms with Gasteiger partial charge >= 0.3 is 0 Å². The van der Waals surface area contributed by atoms with Gasteiger partial charge in [0, 0.05) is 17.3 Å². The zero-order valence-corrected chi connectivity index (χ0v) is 12.5. The van der Waals surface area contributed by atoms with Crippen LogP contribution in [0.4, 0.5) is 0 Å². The van der Waals surface area contributed by atoms with Gasteiger partial charge in [0.15, 0.2) is 0 Å². The number of nitrogens with one attached hydrogen (secondary N) is 1. The van der Waals surface area contributed by atoms with E-state index in [1.807, 2.05) is 39.0 Å². The molecule has 0 aliphatic heterocycles. The van der Waals surface area contributed by atoms with Gasteiger partial charge < -0.3 is 5.32 Å². The van der Waals surface area contributed by atoms with Crippen LogP contribution in [-0.4, -0.2) is 23.2 Å². The zero-order chi connectivity index (χ0) is 13.8. The molecule has 0 fully saturated rings. The first-order valence-electron chi connectivity index (χ1n) is 6.00. The molecule has 0 aliphatic carbocycles. The molecule has 1 amide bonds. The molecule has 1 N–H and O–H groups in total. The molecule has 0 unspecified atom stereocenters. The third kappa shape index (κ3) is 3.18. The van der Waals surface area contributed by atoms with Crippen molar-refractivity contribution in [1.82, 2.24) is 5.32 Å². The standard InChI is InChI=1S/C14H19Cl2NO/c1-4-14(8-15,9-16)17-13(18)12-7-5-6-10(2)11(12)3/h5-7H,4,8-9H2,1-3H3,(H,17,18). The first-order valence-corrected chi connectivity index (χ1v) is 7.07. The minimum atomic E-state index is -0.531. The summed E-state index contributed by atoms with van der Waals surface area (Å²) in [5, 5.41) is 2.96. The Morgan fingerprint density at radius 2 is 1.89 bits per heavy atom. The molecule has 1 aromatic carbocycles. The number of carbonyl (C=O) groups is 1. The molecule has 0 heterocycles. The summed E-state index contributed by atoms with van der Waals surface area (Å²) >= 11 is 11.9. The number of halogens is 2. The van der Waals surface area contributed by atoms with Crippen LogP contribution in [0.5, 0.6) is 0 Å². The number of amides is 1. The van der Waals surface area contributed by atoms with Crippen molar-refractivity contribution in [2.75, 3.05) is 11.8 Å². The lowest BCUT2D eigenvalue weighted by Crippen LogP contribution is -2.51. The molecule has 0 spiro atoms. The van der Waals surface area contributed by atoms with Gasteiger partial charge in [-0.25, -0.2) is 0 Å². The lowest BCUT2D eigenvalue weighted by atomic mass is 9.98. The highest BCUT2D eigenvalue weighted by atomic mass is 35.5. The van der Waals surface area contributed by atoms with Gasteiger partial charge in [-0.2, -0.15) is 0 Å². The summed E-state index contributed by atoms with van der Waals surface area (Å²) in [5.41, 5.74) is 2.24. The monoisotopic (exact) mass is 287 g/mol. The molecule has 0 aromatic heterocycles. The summed E-state index contributed by atoms with van der Waals surface area (Å²) in [6.45, 7) is 5.90. The van der Waals surface area contributed by atoms with Gasteiger partial charge in [-0.1, -0.05) is 19.1 Å². The van der Waals surface area contributed by atoms with Crippen LogP contribution in [-0.2, 0) is 0 Å². The van der Waals surface area contributed by atoms with Gasteiger partial charge in [0.05, 0.1) is 5.54 Å². The van der Waals surface area contributed by atoms with E-state index >= 15 is 0 Å². The van der Waals surface area contributed by atoms with Crippen molar-refractivity contribution in [1.29, 1.82) is 0 Å². The molecule has 4 heteroatoms. The lowest BCUT2D eigenvalue weighted by molar-refractivity contribution is 0.0913. The fraction of sp³-hybridized carbons (Fsp3) is 0.500. The van der Waals surface area contributed by atoms with Crippen molar-refractivity contribution >= 4 is 29.1 Å². The zero-order valence-electron chi connectivity index (χ0n) is 11.0. The molecule has 0 aliphatic rings.